The molecule has 0 aliphatic heterocycles. The highest BCUT2D eigenvalue weighted by Gasteiger charge is 2.19. The zero-order valence-electron chi connectivity index (χ0n) is 19.5. The normalized spacial score (nSPS) is 11.6. The highest BCUT2D eigenvalue weighted by Crippen LogP contribution is 2.33. The van der Waals surface area contributed by atoms with Crippen LogP contribution in [0.3, 0.4) is 0 Å². The van der Waals surface area contributed by atoms with Gasteiger partial charge < -0.3 is 11.6 Å². The Labute approximate surface area is 213 Å². The van der Waals surface area contributed by atoms with E-state index in [1.807, 2.05) is 18.2 Å². The Morgan fingerprint density at radius 1 is 1.11 bits per heavy atom. The molecule has 182 valence electrons. The van der Waals surface area contributed by atoms with Crippen LogP contribution in [-0.4, -0.2) is 33.0 Å². The van der Waals surface area contributed by atoms with Gasteiger partial charge in [-0.25, -0.2) is 9.97 Å². The molecule has 11 heteroatoms. The van der Waals surface area contributed by atoms with Gasteiger partial charge in [0.2, 0.25) is 5.95 Å². The fraction of sp³-hybridized carbons (Fsp3) is 0.250. The number of hydrazone groups is 1. The minimum Gasteiger partial charge on any atom is -0.368 e. The highest BCUT2D eigenvalue weighted by molar-refractivity contribution is 6.43. The standard InChI is InChI=1S/C23H25Cl2N7.CO2/c1-4-23(2,3)20-10-5-7-14(29-20)12-28-13-19(32-27)18-11-17(30-22(26)31-18)15-8-6-9-16(24)21(15)25;2-1-3/h5-11,13H,4,12,27H2,1-3H3,(H2,26,30,31);. The minimum atomic E-state index is 0.0000957. The molecule has 35 heavy (non-hydrogen) atoms. The maximum absolute atomic E-state index is 8.12. The van der Waals surface area contributed by atoms with Crippen molar-refractivity contribution < 1.29 is 9.59 Å². The monoisotopic (exact) mass is 513 g/mol. The van der Waals surface area contributed by atoms with Crippen LogP contribution in [0.25, 0.3) is 11.3 Å². The van der Waals surface area contributed by atoms with Crippen LogP contribution in [0, 0.1) is 0 Å². The third kappa shape index (κ3) is 7.42. The van der Waals surface area contributed by atoms with Gasteiger partial charge in [-0.05, 0) is 30.7 Å². The summed E-state index contributed by atoms with van der Waals surface area (Å²) in [6.45, 7) is 6.87. The van der Waals surface area contributed by atoms with Crippen molar-refractivity contribution in [3.8, 4) is 11.3 Å². The molecule has 0 unspecified atom stereocenters. The van der Waals surface area contributed by atoms with Gasteiger partial charge in [0.05, 0.1) is 39.9 Å². The molecule has 0 bridgehead atoms. The van der Waals surface area contributed by atoms with Gasteiger partial charge in [0.15, 0.2) is 0 Å². The maximum atomic E-state index is 8.12. The van der Waals surface area contributed by atoms with Crippen molar-refractivity contribution in [2.24, 2.45) is 15.9 Å². The summed E-state index contributed by atoms with van der Waals surface area (Å²) in [6.07, 6.45) is 2.79. The van der Waals surface area contributed by atoms with Crippen LogP contribution < -0.4 is 11.6 Å². The van der Waals surface area contributed by atoms with Crippen LogP contribution in [0.2, 0.25) is 10.0 Å². The lowest BCUT2D eigenvalue weighted by Crippen LogP contribution is -2.18. The van der Waals surface area contributed by atoms with E-state index >= 15 is 0 Å². The van der Waals surface area contributed by atoms with Gasteiger partial charge in [-0.3, -0.25) is 9.98 Å². The number of carbonyl (C=O) groups excluding carboxylic acids is 2. The number of anilines is 1. The van der Waals surface area contributed by atoms with Gasteiger partial charge in [-0.2, -0.15) is 14.7 Å². The number of nitrogen functional groups attached to an aromatic ring is 1. The molecule has 0 aliphatic carbocycles. The lowest BCUT2D eigenvalue weighted by atomic mass is 9.86. The van der Waals surface area contributed by atoms with Crippen LogP contribution in [-0.2, 0) is 21.5 Å². The van der Waals surface area contributed by atoms with Gasteiger partial charge >= 0.3 is 6.15 Å². The molecule has 0 saturated heterocycles. The van der Waals surface area contributed by atoms with Crippen LogP contribution in [0.5, 0.6) is 0 Å². The van der Waals surface area contributed by atoms with E-state index in [4.69, 9.17) is 49.4 Å². The molecule has 9 nitrogen and oxygen atoms in total. The number of aromatic nitrogens is 3. The average molecular weight is 514 g/mol. The topological polar surface area (TPSA) is 150 Å². The van der Waals surface area contributed by atoms with E-state index in [0.29, 0.717) is 39.3 Å². The summed E-state index contributed by atoms with van der Waals surface area (Å²) in [5, 5.41) is 4.61. The number of hydrogen-bond donors (Lipinski definition) is 2. The molecule has 0 fully saturated rings. The number of benzene rings is 1. The molecular weight excluding hydrogens is 489 g/mol. The Morgan fingerprint density at radius 2 is 1.80 bits per heavy atom. The van der Waals surface area contributed by atoms with Crippen LogP contribution in [0.15, 0.2) is 52.6 Å². The molecule has 3 aromatic rings. The van der Waals surface area contributed by atoms with E-state index in [1.165, 1.54) is 0 Å². The van der Waals surface area contributed by atoms with E-state index < -0.39 is 0 Å². The number of pyridine rings is 1. The average Bonchev–Trinajstić information content (AvgIpc) is 2.84. The van der Waals surface area contributed by atoms with Gasteiger partial charge in [-0.15, -0.1) is 0 Å². The fourth-order valence-corrected chi connectivity index (χ4v) is 3.35. The first-order valence-electron chi connectivity index (χ1n) is 10.5. The van der Waals surface area contributed by atoms with Crippen molar-refractivity contribution in [2.45, 2.75) is 39.2 Å². The summed E-state index contributed by atoms with van der Waals surface area (Å²) in [6, 6.07) is 12.9. The SMILES string of the molecule is CCC(C)(C)c1cccc(CN=CC(=NN)c2cc(-c3cccc(Cl)c3Cl)nc(N)n2)n1.O=C=O. The van der Waals surface area contributed by atoms with Crippen molar-refractivity contribution in [2.75, 3.05) is 5.73 Å². The Morgan fingerprint density at radius 3 is 2.46 bits per heavy atom. The van der Waals surface area contributed by atoms with E-state index in [-0.39, 0.29) is 17.5 Å². The molecule has 0 radical (unpaired) electrons. The molecule has 0 aliphatic rings. The lowest BCUT2D eigenvalue weighted by Gasteiger charge is -2.22. The van der Waals surface area contributed by atoms with Gasteiger partial charge in [0.1, 0.15) is 5.71 Å². The Kier molecular flexibility index (Phi) is 10.0. The molecule has 2 aromatic heterocycles. The molecule has 0 atom stereocenters. The van der Waals surface area contributed by atoms with Crippen LogP contribution >= 0.6 is 23.2 Å². The molecular formula is C24H25Cl2N7O2. The maximum Gasteiger partial charge on any atom is 0.373 e. The largest absolute Gasteiger partial charge is 0.373 e. The summed E-state index contributed by atoms with van der Waals surface area (Å²) >= 11 is 12.5. The molecule has 2 heterocycles. The Balaban J connectivity index is 0.00000137. The molecule has 0 spiro atoms. The first kappa shape index (κ1) is 27.6. The Bertz CT molecular complexity index is 1270. The van der Waals surface area contributed by atoms with Gasteiger partial charge in [0, 0.05) is 16.7 Å². The van der Waals surface area contributed by atoms with Crippen molar-refractivity contribution in [3.63, 3.8) is 0 Å². The molecule has 4 N–H and O–H groups in total. The molecule has 0 amide bonds. The second-order valence-corrected chi connectivity index (χ2v) is 8.70. The number of nitrogens with two attached hydrogens (primary N) is 2. The van der Waals surface area contributed by atoms with E-state index in [9.17, 15) is 0 Å². The zero-order valence-corrected chi connectivity index (χ0v) is 21.0. The number of hydrogen-bond acceptors (Lipinski definition) is 9. The first-order chi connectivity index (χ1) is 16.7. The second-order valence-electron chi connectivity index (χ2n) is 7.92. The highest BCUT2D eigenvalue weighted by atomic mass is 35.5. The van der Waals surface area contributed by atoms with E-state index in [0.717, 1.165) is 17.8 Å². The molecule has 3 rings (SSSR count). The van der Waals surface area contributed by atoms with Gasteiger partial charge in [-0.1, -0.05) is 62.2 Å². The van der Waals surface area contributed by atoms with Crippen LogP contribution in [0.4, 0.5) is 5.95 Å². The number of aliphatic imine (C=N–C) groups is 1. The lowest BCUT2D eigenvalue weighted by molar-refractivity contribution is -0.191. The van der Waals surface area contributed by atoms with Crippen molar-refractivity contribution in [1.82, 2.24) is 15.0 Å². The quantitative estimate of drug-likeness (QED) is 0.268. The number of rotatable bonds is 7. The predicted octanol–water partition coefficient (Wildman–Crippen LogP) is 4.47. The molecule has 1 aromatic carbocycles. The van der Waals surface area contributed by atoms with Gasteiger partial charge in [0.25, 0.3) is 0 Å². The summed E-state index contributed by atoms with van der Waals surface area (Å²) in [5.74, 6) is 5.66. The molecule has 0 saturated carbocycles. The predicted molar refractivity (Wildman–Crippen MR) is 137 cm³/mol. The summed E-state index contributed by atoms with van der Waals surface area (Å²) < 4.78 is 0. The zero-order chi connectivity index (χ0) is 26.0. The fourth-order valence-electron chi connectivity index (χ4n) is 2.95. The second kappa shape index (κ2) is 12.7. The van der Waals surface area contributed by atoms with E-state index in [1.54, 1.807) is 30.5 Å². The first-order valence-corrected chi connectivity index (χ1v) is 11.2. The van der Waals surface area contributed by atoms with E-state index in [2.05, 4.69) is 40.8 Å². The number of halogens is 2. The third-order valence-corrected chi connectivity index (χ3v) is 6.04. The summed E-state index contributed by atoms with van der Waals surface area (Å²) in [4.78, 5) is 33.9. The third-order valence-electron chi connectivity index (χ3n) is 5.22. The van der Waals surface area contributed by atoms with Crippen molar-refractivity contribution in [1.29, 1.82) is 0 Å². The van der Waals surface area contributed by atoms with Crippen LogP contribution in [0.1, 0.15) is 44.3 Å². The smallest absolute Gasteiger partial charge is 0.368 e. The summed E-state index contributed by atoms with van der Waals surface area (Å²) in [5.41, 5.74) is 9.71. The van der Waals surface area contributed by atoms with Crippen molar-refractivity contribution >= 4 is 47.2 Å². The van der Waals surface area contributed by atoms with Crippen molar-refractivity contribution in [3.05, 3.63) is 69.6 Å². The Hall–Kier alpha value is -3.65. The minimum absolute atomic E-state index is 0.0000957. The number of nitrogens with zero attached hydrogens (tertiary/aromatic N) is 5. The summed E-state index contributed by atoms with van der Waals surface area (Å²) in [7, 11) is 0.